The van der Waals surface area contributed by atoms with Crippen LogP contribution in [0, 0.1) is 5.82 Å². The number of pyridine rings is 1. The van der Waals surface area contributed by atoms with Gasteiger partial charge in [0.25, 0.3) is 0 Å². The van der Waals surface area contributed by atoms with Crippen molar-refractivity contribution >= 4 is 11.5 Å². The van der Waals surface area contributed by atoms with Crippen LogP contribution in [0.3, 0.4) is 0 Å². The van der Waals surface area contributed by atoms with Crippen molar-refractivity contribution in [1.82, 2.24) is 29.7 Å². The van der Waals surface area contributed by atoms with Gasteiger partial charge in [-0.3, -0.25) is 9.88 Å². The monoisotopic (exact) mass is 325 g/mol. The summed E-state index contributed by atoms with van der Waals surface area (Å²) in [5, 5.41) is 12.4. The molecular formula is C16H16FN7. The molecule has 3 fully saturated rings. The van der Waals surface area contributed by atoms with E-state index in [1.807, 2.05) is 12.1 Å². The maximum Gasteiger partial charge on any atom is 0.177 e. The molecule has 0 amide bonds. The molecule has 2 atom stereocenters. The molecule has 7 nitrogen and oxygen atoms in total. The fourth-order valence-electron chi connectivity index (χ4n) is 3.73. The Balaban J connectivity index is 1.32. The fourth-order valence-corrected chi connectivity index (χ4v) is 3.73. The van der Waals surface area contributed by atoms with Crippen molar-refractivity contribution in [2.24, 2.45) is 0 Å². The number of rotatable bonds is 3. The van der Waals surface area contributed by atoms with Gasteiger partial charge in [0.15, 0.2) is 5.65 Å². The third kappa shape index (κ3) is 2.14. The van der Waals surface area contributed by atoms with Crippen molar-refractivity contribution in [3.05, 3.63) is 48.3 Å². The Hall–Kier alpha value is -2.61. The van der Waals surface area contributed by atoms with E-state index in [1.54, 1.807) is 23.1 Å². The summed E-state index contributed by atoms with van der Waals surface area (Å²) in [7, 11) is 0. The SMILES string of the molecule is Fc1cccnc1CN1C2CC1CN(c1ccc3nncn3n1)C2. The molecule has 3 saturated heterocycles. The van der Waals surface area contributed by atoms with Gasteiger partial charge in [0, 0.05) is 37.9 Å². The third-order valence-corrected chi connectivity index (χ3v) is 4.98. The molecule has 3 aromatic heterocycles. The fraction of sp³-hybridized carbons (Fsp3) is 0.375. The second-order valence-electron chi connectivity index (χ2n) is 6.38. The predicted octanol–water partition coefficient (Wildman–Crippen LogP) is 1.12. The van der Waals surface area contributed by atoms with Crippen LogP contribution in [0.2, 0.25) is 0 Å². The lowest BCUT2D eigenvalue weighted by atomic mass is 9.87. The molecule has 3 aromatic rings. The van der Waals surface area contributed by atoms with Crippen molar-refractivity contribution in [2.45, 2.75) is 25.0 Å². The highest BCUT2D eigenvalue weighted by atomic mass is 19.1. The molecule has 0 saturated carbocycles. The van der Waals surface area contributed by atoms with Crippen LogP contribution in [0.15, 0.2) is 36.8 Å². The number of fused-ring (bicyclic) bond motifs is 3. The van der Waals surface area contributed by atoms with Crippen LogP contribution in [-0.4, -0.2) is 54.9 Å². The van der Waals surface area contributed by atoms with Gasteiger partial charge in [-0.1, -0.05) is 0 Å². The molecule has 0 aromatic carbocycles. The average Bonchev–Trinajstić information content (AvgIpc) is 3.08. The summed E-state index contributed by atoms with van der Waals surface area (Å²) >= 11 is 0. The molecule has 3 aliphatic heterocycles. The maximum atomic E-state index is 13.8. The van der Waals surface area contributed by atoms with Crippen molar-refractivity contribution in [1.29, 1.82) is 0 Å². The first-order valence-electron chi connectivity index (χ1n) is 8.05. The topological polar surface area (TPSA) is 62.5 Å². The number of piperidine rings is 1. The Bertz CT molecular complexity index is 883. The summed E-state index contributed by atoms with van der Waals surface area (Å²) in [6.07, 6.45) is 4.41. The van der Waals surface area contributed by atoms with Crippen LogP contribution in [0.25, 0.3) is 5.65 Å². The van der Waals surface area contributed by atoms with E-state index < -0.39 is 0 Å². The molecule has 2 bridgehead atoms. The lowest BCUT2D eigenvalue weighted by molar-refractivity contribution is -0.0106. The van der Waals surface area contributed by atoms with Gasteiger partial charge >= 0.3 is 0 Å². The summed E-state index contributed by atoms with van der Waals surface area (Å²) in [6.45, 7) is 2.37. The molecule has 0 spiro atoms. The van der Waals surface area contributed by atoms with Gasteiger partial charge in [-0.2, -0.15) is 4.52 Å². The normalized spacial score (nSPS) is 23.5. The van der Waals surface area contributed by atoms with Crippen LogP contribution in [0.1, 0.15) is 12.1 Å². The molecule has 24 heavy (non-hydrogen) atoms. The number of nitrogens with zero attached hydrogens (tertiary/aromatic N) is 7. The third-order valence-electron chi connectivity index (χ3n) is 4.98. The zero-order chi connectivity index (χ0) is 16.1. The number of piperazine rings is 1. The van der Waals surface area contributed by atoms with E-state index in [1.165, 1.54) is 6.07 Å². The second kappa shape index (κ2) is 5.20. The summed E-state index contributed by atoms with van der Waals surface area (Å²) < 4.78 is 15.5. The average molecular weight is 325 g/mol. The first-order chi connectivity index (χ1) is 11.8. The molecule has 122 valence electrons. The van der Waals surface area contributed by atoms with E-state index in [0.717, 1.165) is 31.0 Å². The summed E-state index contributed by atoms with van der Waals surface area (Å²) in [5.74, 6) is 0.708. The van der Waals surface area contributed by atoms with Gasteiger partial charge in [-0.25, -0.2) is 4.39 Å². The van der Waals surface area contributed by atoms with Gasteiger partial charge in [-0.15, -0.1) is 15.3 Å². The van der Waals surface area contributed by atoms with Crippen molar-refractivity contribution in [2.75, 3.05) is 18.0 Å². The zero-order valence-corrected chi connectivity index (χ0v) is 13.0. The minimum Gasteiger partial charge on any atom is -0.352 e. The van der Waals surface area contributed by atoms with Crippen LogP contribution in [0.4, 0.5) is 10.2 Å². The molecule has 8 heteroatoms. The van der Waals surface area contributed by atoms with E-state index in [2.05, 4.69) is 30.1 Å². The van der Waals surface area contributed by atoms with E-state index >= 15 is 0 Å². The van der Waals surface area contributed by atoms with E-state index in [-0.39, 0.29) is 5.82 Å². The second-order valence-corrected chi connectivity index (χ2v) is 6.38. The van der Waals surface area contributed by atoms with Crippen LogP contribution < -0.4 is 4.90 Å². The van der Waals surface area contributed by atoms with Crippen molar-refractivity contribution < 1.29 is 4.39 Å². The first kappa shape index (κ1) is 13.8. The van der Waals surface area contributed by atoms with Crippen LogP contribution in [-0.2, 0) is 6.54 Å². The lowest BCUT2D eigenvalue weighted by Gasteiger charge is -2.56. The number of hydrogen-bond acceptors (Lipinski definition) is 6. The molecule has 6 heterocycles. The van der Waals surface area contributed by atoms with E-state index in [9.17, 15) is 4.39 Å². The highest BCUT2D eigenvalue weighted by Gasteiger charge is 2.45. The molecule has 6 rings (SSSR count). The largest absolute Gasteiger partial charge is 0.352 e. The minimum absolute atomic E-state index is 0.223. The van der Waals surface area contributed by atoms with E-state index in [4.69, 9.17) is 0 Å². The number of aromatic nitrogens is 5. The summed E-state index contributed by atoms with van der Waals surface area (Å²) in [5.41, 5.74) is 1.28. The predicted molar refractivity (Wildman–Crippen MR) is 84.9 cm³/mol. The lowest BCUT2D eigenvalue weighted by Crippen LogP contribution is -2.68. The molecule has 0 radical (unpaired) electrons. The van der Waals surface area contributed by atoms with Crippen LogP contribution in [0.5, 0.6) is 0 Å². The summed E-state index contributed by atoms with van der Waals surface area (Å²) in [4.78, 5) is 8.80. The van der Waals surface area contributed by atoms with Gasteiger partial charge in [0.05, 0.1) is 5.69 Å². The summed E-state index contributed by atoms with van der Waals surface area (Å²) in [6, 6.07) is 7.85. The quantitative estimate of drug-likeness (QED) is 0.719. The highest BCUT2D eigenvalue weighted by molar-refractivity contribution is 5.46. The van der Waals surface area contributed by atoms with Gasteiger partial charge in [0.2, 0.25) is 0 Å². The molecule has 2 unspecified atom stereocenters. The Morgan fingerprint density at radius 3 is 2.88 bits per heavy atom. The highest BCUT2D eigenvalue weighted by Crippen LogP contribution is 2.35. The Labute approximate surface area is 137 Å². The maximum absolute atomic E-state index is 13.8. The number of anilines is 1. The van der Waals surface area contributed by atoms with Crippen LogP contribution >= 0.6 is 0 Å². The van der Waals surface area contributed by atoms with Crippen molar-refractivity contribution in [3.63, 3.8) is 0 Å². The van der Waals surface area contributed by atoms with Gasteiger partial charge in [-0.05, 0) is 30.7 Å². The molecular weight excluding hydrogens is 309 g/mol. The van der Waals surface area contributed by atoms with E-state index in [0.29, 0.717) is 24.3 Å². The zero-order valence-electron chi connectivity index (χ0n) is 13.0. The Kier molecular flexibility index (Phi) is 2.99. The molecule has 3 aliphatic rings. The van der Waals surface area contributed by atoms with Gasteiger partial charge in [0.1, 0.15) is 18.0 Å². The molecule has 0 N–H and O–H groups in total. The standard InChI is InChI=1S/C16H16FN7/c17-13-2-1-5-18-14(13)9-23-11-6-12(23)8-22(7-11)16-4-3-15-20-19-10-24(15)21-16/h1-5,10-12H,6-9H2. The Morgan fingerprint density at radius 2 is 2.04 bits per heavy atom. The molecule has 0 aliphatic carbocycles. The first-order valence-corrected chi connectivity index (χ1v) is 8.05. The van der Waals surface area contributed by atoms with Gasteiger partial charge < -0.3 is 4.90 Å². The number of hydrogen-bond donors (Lipinski definition) is 0. The van der Waals surface area contributed by atoms with Crippen molar-refractivity contribution in [3.8, 4) is 0 Å². The minimum atomic E-state index is -0.223. The number of halogens is 1. The Morgan fingerprint density at radius 1 is 1.17 bits per heavy atom. The smallest absolute Gasteiger partial charge is 0.177 e.